The number of hydrogen-bond acceptors (Lipinski definition) is 4. The van der Waals surface area contributed by atoms with Crippen molar-refractivity contribution in [3.63, 3.8) is 0 Å². The molecule has 0 heterocycles. The van der Waals surface area contributed by atoms with Gasteiger partial charge in [-0.1, -0.05) is 44.2 Å². The lowest BCUT2D eigenvalue weighted by Gasteiger charge is -2.20. The van der Waals surface area contributed by atoms with Crippen LogP contribution in [0.3, 0.4) is 0 Å². The van der Waals surface area contributed by atoms with Crippen molar-refractivity contribution in [2.24, 2.45) is 11.7 Å². The Morgan fingerprint density at radius 2 is 1.61 bits per heavy atom. The molecule has 8 nitrogen and oxygen atoms in total. The number of nitrogens with one attached hydrogen (secondary N) is 3. The second-order valence-corrected chi connectivity index (χ2v) is 6.47. The van der Waals surface area contributed by atoms with Gasteiger partial charge in [0.2, 0.25) is 0 Å². The average molecular weight is 384 g/mol. The fraction of sp³-hybridized carbons (Fsp3) is 0.250. The molecule has 5 N–H and O–H groups in total. The van der Waals surface area contributed by atoms with Gasteiger partial charge in [0.15, 0.2) is 0 Å². The highest BCUT2D eigenvalue weighted by Crippen LogP contribution is 2.12. The Hall–Kier alpha value is -3.55. The van der Waals surface area contributed by atoms with Gasteiger partial charge in [0.25, 0.3) is 11.8 Å². The minimum absolute atomic E-state index is 0.201. The molecule has 148 valence electrons. The molecule has 0 aliphatic carbocycles. The van der Waals surface area contributed by atoms with Crippen LogP contribution in [0.4, 0.5) is 4.79 Å². The third-order valence-electron chi connectivity index (χ3n) is 3.91. The summed E-state index contributed by atoms with van der Waals surface area (Å²) >= 11 is 0. The first-order valence-corrected chi connectivity index (χ1v) is 8.79. The molecule has 1 atom stereocenters. The van der Waals surface area contributed by atoms with Gasteiger partial charge in [0.05, 0.1) is 0 Å². The van der Waals surface area contributed by atoms with Crippen LogP contribution in [0.2, 0.25) is 0 Å². The number of ether oxygens (including phenoxy) is 1. The number of benzene rings is 2. The highest BCUT2D eigenvalue weighted by atomic mass is 16.5. The second kappa shape index (κ2) is 9.96. The highest BCUT2D eigenvalue weighted by Gasteiger charge is 2.23. The lowest BCUT2D eigenvalue weighted by Crippen LogP contribution is -2.55. The topological polar surface area (TPSA) is 123 Å². The van der Waals surface area contributed by atoms with Crippen molar-refractivity contribution in [2.45, 2.75) is 26.5 Å². The van der Waals surface area contributed by atoms with Crippen LogP contribution < -0.4 is 26.6 Å². The van der Waals surface area contributed by atoms with E-state index < -0.39 is 23.9 Å². The highest BCUT2D eigenvalue weighted by molar-refractivity contribution is 5.96. The molecule has 0 saturated heterocycles. The lowest BCUT2D eigenvalue weighted by molar-refractivity contribution is -0.124. The van der Waals surface area contributed by atoms with Crippen LogP contribution >= 0.6 is 0 Å². The van der Waals surface area contributed by atoms with E-state index in [1.54, 1.807) is 38.1 Å². The Labute approximate surface area is 163 Å². The largest absolute Gasteiger partial charge is 0.489 e. The van der Waals surface area contributed by atoms with Gasteiger partial charge in [-0.05, 0) is 35.7 Å². The zero-order valence-corrected chi connectivity index (χ0v) is 15.8. The summed E-state index contributed by atoms with van der Waals surface area (Å²) in [5.41, 5.74) is 10.9. The van der Waals surface area contributed by atoms with Crippen molar-refractivity contribution in [3.8, 4) is 5.75 Å². The molecule has 2 rings (SSSR count). The number of rotatable bonds is 7. The number of urea groups is 1. The summed E-state index contributed by atoms with van der Waals surface area (Å²) in [5.74, 6) is -0.481. The molecule has 0 radical (unpaired) electrons. The zero-order valence-electron chi connectivity index (χ0n) is 15.8. The van der Waals surface area contributed by atoms with Gasteiger partial charge in [-0.15, -0.1) is 0 Å². The Morgan fingerprint density at radius 1 is 0.964 bits per heavy atom. The Morgan fingerprint density at radius 3 is 2.18 bits per heavy atom. The molecule has 8 heteroatoms. The molecule has 2 aromatic carbocycles. The number of amides is 4. The van der Waals surface area contributed by atoms with E-state index in [2.05, 4.69) is 16.2 Å². The maximum atomic E-state index is 12.2. The molecule has 28 heavy (non-hydrogen) atoms. The van der Waals surface area contributed by atoms with E-state index in [-0.39, 0.29) is 5.92 Å². The monoisotopic (exact) mass is 384 g/mol. The van der Waals surface area contributed by atoms with Gasteiger partial charge in [-0.2, -0.15) is 0 Å². The van der Waals surface area contributed by atoms with Crippen LogP contribution in [0.25, 0.3) is 0 Å². The SMILES string of the molecule is CC(C)[C@H](NC(N)=O)C(=O)NNC(=O)c1ccc(COc2ccccc2)cc1. The van der Waals surface area contributed by atoms with Crippen LogP contribution in [0.15, 0.2) is 54.6 Å². The molecular weight excluding hydrogens is 360 g/mol. The summed E-state index contributed by atoms with van der Waals surface area (Å²) in [7, 11) is 0. The molecule has 0 aromatic heterocycles. The first-order valence-electron chi connectivity index (χ1n) is 8.79. The number of hydrogen-bond donors (Lipinski definition) is 4. The van der Waals surface area contributed by atoms with Crippen molar-refractivity contribution in [1.82, 2.24) is 16.2 Å². The van der Waals surface area contributed by atoms with E-state index in [9.17, 15) is 14.4 Å². The van der Waals surface area contributed by atoms with E-state index in [1.165, 1.54) is 0 Å². The lowest BCUT2D eigenvalue weighted by atomic mass is 10.0. The van der Waals surface area contributed by atoms with Gasteiger partial charge >= 0.3 is 6.03 Å². The molecule has 4 amide bonds. The third kappa shape index (κ3) is 6.31. The van der Waals surface area contributed by atoms with E-state index in [1.807, 2.05) is 30.3 Å². The summed E-state index contributed by atoms with van der Waals surface area (Å²) in [6.07, 6.45) is 0. The van der Waals surface area contributed by atoms with Crippen molar-refractivity contribution in [1.29, 1.82) is 0 Å². The van der Waals surface area contributed by atoms with E-state index in [0.29, 0.717) is 12.2 Å². The smallest absolute Gasteiger partial charge is 0.312 e. The first kappa shape index (κ1) is 20.8. The Balaban J connectivity index is 1.86. The zero-order chi connectivity index (χ0) is 20.5. The number of para-hydroxylation sites is 1. The molecule has 0 aliphatic heterocycles. The quantitative estimate of drug-likeness (QED) is 0.543. The summed E-state index contributed by atoms with van der Waals surface area (Å²) in [5, 5.41) is 2.34. The van der Waals surface area contributed by atoms with E-state index in [4.69, 9.17) is 10.5 Å². The molecule has 0 saturated carbocycles. The molecule has 0 bridgehead atoms. The van der Waals surface area contributed by atoms with Crippen molar-refractivity contribution in [2.75, 3.05) is 0 Å². The maximum Gasteiger partial charge on any atom is 0.312 e. The van der Waals surface area contributed by atoms with Crippen molar-refractivity contribution in [3.05, 3.63) is 65.7 Å². The number of carbonyl (C=O) groups excluding carboxylic acids is 3. The third-order valence-corrected chi connectivity index (χ3v) is 3.91. The minimum atomic E-state index is -0.852. The number of hydrazine groups is 1. The average Bonchev–Trinajstić information content (AvgIpc) is 2.69. The van der Waals surface area contributed by atoms with Gasteiger partial charge in [-0.3, -0.25) is 20.4 Å². The Kier molecular flexibility index (Phi) is 7.38. The second-order valence-electron chi connectivity index (χ2n) is 6.47. The normalized spacial score (nSPS) is 11.4. The van der Waals surface area contributed by atoms with Gasteiger partial charge in [-0.25, -0.2) is 4.79 Å². The predicted octanol–water partition coefficient (Wildman–Crippen LogP) is 1.72. The summed E-state index contributed by atoms with van der Waals surface area (Å²) in [6, 6.07) is 14.6. The van der Waals surface area contributed by atoms with Crippen LogP contribution in [0, 0.1) is 5.92 Å². The number of nitrogens with two attached hydrogens (primary N) is 1. The van der Waals surface area contributed by atoms with Crippen LogP contribution in [-0.4, -0.2) is 23.9 Å². The van der Waals surface area contributed by atoms with Crippen LogP contribution in [0.1, 0.15) is 29.8 Å². The fourth-order valence-electron chi connectivity index (χ4n) is 2.39. The molecule has 0 fully saturated rings. The van der Waals surface area contributed by atoms with E-state index in [0.717, 1.165) is 11.3 Å². The summed E-state index contributed by atoms with van der Waals surface area (Å²) < 4.78 is 5.65. The molecule has 0 spiro atoms. The standard InChI is InChI=1S/C20H24N4O4/c1-13(2)17(22-20(21)27)19(26)24-23-18(25)15-10-8-14(9-11-15)12-28-16-6-4-3-5-7-16/h3-11,13,17H,12H2,1-2H3,(H,23,25)(H,24,26)(H3,21,22,27)/t17-/m0/s1. The van der Waals surface area contributed by atoms with Crippen molar-refractivity contribution < 1.29 is 19.1 Å². The number of primary amides is 1. The first-order chi connectivity index (χ1) is 13.4. The summed E-state index contributed by atoms with van der Waals surface area (Å²) in [4.78, 5) is 35.3. The van der Waals surface area contributed by atoms with Crippen molar-refractivity contribution >= 4 is 17.8 Å². The minimum Gasteiger partial charge on any atom is -0.489 e. The van der Waals surface area contributed by atoms with Gasteiger partial charge in [0, 0.05) is 5.56 Å². The van der Waals surface area contributed by atoms with E-state index >= 15 is 0 Å². The van der Waals surface area contributed by atoms with Gasteiger partial charge < -0.3 is 15.8 Å². The summed E-state index contributed by atoms with van der Waals surface area (Å²) in [6.45, 7) is 3.87. The predicted molar refractivity (Wildman–Crippen MR) is 104 cm³/mol. The Bertz CT molecular complexity index is 807. The molecule has 0 aliphatic rings. The molecule has 2 aromatic rings. The molecule has 0 unspecified atom stereocenters. The van der Waals surface area contributed by atoms with Crippen LogP contribution in [-0.2, 0) is 11.4 Å². The van der Waals surface area contributed by atoms with Gasteiger partial charge in [0.1, 0.15) is 18.4 Å². The molecular formula is C20H24N4O4. The number of carbonyl (C=O) groups is 3. The van der Waals surface area contributed by atoms with Crippen LogP contribution in [0.5, 0.6) is 5.75 Å². The fourth-order valence-corrected chi connectivity index (χ4v) is 2.39. The maximum absolute atomic E-state index is 12.2.